The van der Waals surface area contributed by atoms with Crippen LogP contribution in [0.1, 0.15) is 11.3 Å². The summed E-state index contributed by atoms with van der Waals surface area (Å²) >= 11 is 0. The summed E-state index contributed by atoms with van der Waals surface area (Å²) in [5.41, 5.74) is 2.84. The van der Waals surface area contributed by atoms with Gasteiger partial charge in [-0.3, -0.25) is 9.56 Å². The number of benzene rings is 1. The van der Waals surface area contributed by atoms with E-state index in [1.807, 2.05) is 53.2 Å². The Kier molecular flexibility index (Phi) is 5.61. The number of hydrogen-bond donors (Lipinski definition) is 2. The van der Waals surface area contributed by atoms with Crippen molar-refractivity contribution in [2.75, 3.05) is 7.05 Å². The summed E-state index contributed by atoms with van der Waals surface area (Å²) in [6.07, 6.45) is 8.75. The van der Waals surface area contributed by atoms with Crippen LogP contribution in [-0.2, 0) is 13.1 Å². The number of aromatic nitrogens is 4. The molecule has 0 aliphatic rings. The molecule has 3 heterocycles. The van der Waals surface area contributed by atoms with Gasteiger partial charge in [0.15, 0.2) is 5.96 Å². The summed E-state index contributed by atoms with van der Waals surface area (Å²) in [5.74, 6) is 2.10. The summed E-state index contributed by atoms with van der Waals surface area (Å²) in [5, 5.41) is 6.54. The molecule has 146 valence electrons. The number of imidazole rings is 1. The molecule has 29 heavy (non-hydrogen) atoms. The van der Waals surface area contributed by atoms with Gasteiger partial charge in [0.2, 0.25) is 5.89 Å². The first-order valence-corrected chi connectivity index (χ1v) is 9.19. The van der Waals surface area contributed by atoms with Crippen molar-refractivity contribution in [3.05, 3.63) is 84.9 Å². The third-order valence-electron chi connectivity index (χ3n) is 4.27. The fraction of sp³-hybridized carbons (Fsp3) is 0.143. The Labute approximate surface area is 168 Å². The van der Waals surface area contributed by atoms with E-state index in [4.69, 9.17) is 4.42 Å². The molecule has 0 aliphatic heterocycles. The van der Waals surface area contributed by atoms with Gasteiger partial charge in [-0.05, 0) is 29.8 Å². The van der Waals surface area contributed by atoms with Crippen molar-refractivity contribution in [3.8, 4) is 17.3 Å². The van der Waals surface area contributed by atoms with Crippen LogP contribution in [0.3, 0.4) is 0 Å². The van der Waals surface area contributed by atoms with Gasteiger partial charge in [0.25, 0.3) is 0 Å². The third kappa shape index (κ3) is 4.67. The van der Waals surface area contributed by atoms with Crippen LogP contribution in [0.4, 0.5) is 0 Å². The minimum Gasteiger partial charge on any atom is -0.444 e. The molecule has 0 amide bonds. The van der Waals surface area contributed by atoms with Crippen LogP contribution in [0.15, 0.2) is 83.1 Å². The van der Waals surface area contributed by atoms with E-state index in [9.17, 15) is 0 Å². The van der Waals surface area contributed by atoms with Crippen LogP contribution in [0.2, 0.25) is 0 Å². The predicted molar refractivity (Wildman–Crippen MR) is 110 cm³/mol. The van der Waals surface area contributed by atoms with E-state index in [0.29, 0.717) is 24.9 Å². The molecule has 8 heteroatoms. The van der Waals surface area contributed by atoms with E-state index in [-0.39, 0.29) is 0 Å². The van der Waals surface area contributed by atoms with E-state index in [2.05, 4.69) is 30.6 Å². The molecule has 1 aromatic carbocycles. The van der Waals surface area contributed by atoms with E-state index >= 15 is 0 Å². The molecule has 4 aromatic rings. The minimum absolute atomic E-state index is 0.507. The van der Waals surface area contributed by atoms with Gasteiger partial charge in [-0.1, -0.05) is 18.2 Å². The summed E-state index contributed by atoms with van der Waals surface area (Å²) in [6, 6.07) is 13.8. The Morgan fingerprint density at radius 2 is 1.97 bits per heavy atom. The van der Waals surface area contributed by atoms with Crippen molar-refractivity contribution in [1.82, 2.24) is 30.2 Å². The maximum Gasteiger partial charge on any atom is 0.226 e. The Morgan fingerprint density at radius 1 is 1.10 bits per heavy atom. The lowest BCUT2D eigenvalue weighted by molar-refractivity contribution is 0.572. The van der Waals surface area contributed by atoms with Gasteiger partial charge < -0.3 is 15.1 Å². The molecular weight excluding hydrogens is 366 g/mol. The molecule has 0 bridgehead atoms. The predicted octanol–water partition coefficient (Wildman–Crippen LogP) is 2.79. The number of rotatable bonds is 6. The highest BCUT2D eigenvalue weighted by atomic mass is 16.3. The first-order valence-electron chi connectivity index (χ1n) is 9.19. The molecule has 8 nitrogen and oxygen atoms in total. The second kappa shape index (κ2) is 8.83. The summed E-state index contributed by atoms with van der Waals surface area (Å²) in [6.45, 7) is 1.12. The molecule has 0 saturated carbocycles. The third-order valence-corrected chi connectivity index (χ3v) is 4.27. The van der Waals surface area contributed by atoms with Crippen molar-refractivity contribution in [2.45, 2.75) is 13.1 Å². The molecule has 3 aromatic heterocycles. The average molecular weight is 387 g/mol. The average Bonchev–Trinajstić information content (AvgIpc) is 3.47. The maximum absolute atomic E-state index is 5.57. The van der Waals surface area contributed by atoms with Gasteiger partial charge in [-0.2, -0.15) is 0 Å². The zero-order chi connectivity index (χ0) is 19.9. The van der Waals surface area contributed by atoms with Crippen LogP contribution in [0.25, 0.3) is 17.3 Å². The number of oxazole rings is 1. The molecule has 0 spiro atoms. The van der Waals surface area contributed by atoms with Gasteiger partial charge in [-0.25, -0.2) is 15.0 Å². The highest BCUT2D eigenvalue weighted by molar-refractivity contribution is 5.79. The first-order chi connectivity index (χ1) is 14.3. The molecule has 0 saturated heterocycles. The molecule has 0 aliphatic carbocycles. The normalized spacial score (nSPS) is 11.4. The lowest BCUT2D eigenvalue weighted by Gasteiger charge is -2.11. The van der Waals surface area contributed by atoms with Gasteiger partial charge in [0.05, 0.1) is 12.2 Å². The standard InChI is InChI=1S/C21H21N7O/c1-22-21(25-12-16-7-8-24-19(11-16)28-10-9-23-15-28)26-13-18-14-29-20(27-18)17-5-3-2-4-6-17/h2-11,14-15H,12-13H2,1H3,(H2,22,25,26). The van der Waals surface area contributed by atoms with Crippen molar-refractivity contribution >= 4 is 5.96 Å². The SMILES string of the molecule is CN=C(NCc1ccnc(-n2ccnc2)c1)NCc1coc(-c2ccccc2)n1. The number of aliphatic imine (C=N–C) groups is 1. The van der Waals surface area contributed by atoms with E-state index < -0.39 is 0 Å². The second-order valence-corrected chi connectivity index (χ2v) is 6.28. The number of nitrogens with one attached hydrogen (secondary N) is 2. The van der Waals surface area contributed by atoms with E-state index in [1.165, 1.54) is 0 Å². The maximum atomic E-state index is 5.57. The molecule has 4 rings (SSSR count). The largest absolute Gasteiger partial charge is 0.444 e. The Balaban J connectivity index is 1.33. The van der Waals surface area contributed by atoms with Gasteiger partial charge >= 0.3 is 0 Å². The monoisotopic (exact) mass is 387 g/mol. The Bertz CT molecular complexity index is 1070. The van der Waals surface area contributed by atoms with Crippen LogP contribution in [-0.4, -0.2) is 32.5 Å². The van der Waals surface area contributed by atoms with Gasteiger partial charge in [-0.15, -0.1) is 0 Å². The van der Waals surface area contributed by atoms with Crippen molar-refractivity contribution in [3.63, 3.8) is 0 Å². The fourth-order valence-corrected chi connectivity index (χ4v) is 2.79. The highest BCUT2D eigenvalue weighted by Crippen LogP contribution is 2.17. The number of guanidine groups is 1. The highest BCUT2D eigenvalue weighted by Gasteiger charge is 2.07. The molecular formula is C21H21N7O. The molecule has 0 unspecified atom stereocenters. The van der Waals surface area contributed by atoms with Crippen LogP contribution >= 0.6 is 0 Å². The second-order valence-electron chi connectivity index (χ2n) is 6.28. The summed E-state index contributed by atoms with van der Waals surface area (Å²) in [7, 11) is 1.73. The summed E-state index contributed by atoms with van der Waals surface area (Å²) in [4.78, 5) is 17.2. The van der Waals surface area contributed by atoms with E-state index in [0.717, 1.165) is 22.6 Å². The number of nitrogens with zero attached hydrogens (tertiary/aromatic N) is 5. The van der Waals surface area contributed by atoms with Crippen LogP contribution in [0.5, 0.6) is 0 Å². The van der Waals surface area contributed by atoms with Crippen molar-refractivity contribution in [2.24, 2.45) is 4.99 Å². The Hall–Kier alpha value is -3.94. The molecule has 2 N–H and O–H groups in total. The van der Waals surface area contributed by atoms with Crippen molar-refractivity contribution in [1.29, 1.82) is 0 Å². The number of pyridine rings is 1. The Morgan fingerprint density at radius 3 is 2.76 bits per heavy atom. The lowest BCUT2D eigenvalue weighted by Crippen LogP contribution is -2.36. The topological polar surface area (TPSA) is 93.2 Å². The van der Waals surface area contributed by atoms with E-state index in [1.54, 1.807) is 32.0 Å². The molecule has 0 fully saturated rings. The van der Waals surface area contributed by atoms with Gasteiger partial charge in [0.1, 0.15) is 18.4 Å². The fourth-order valence-electron chi connectivity index (χ4n) is 2.79. The van der Waals surface area contributed by atoms with Crippen LogP contribution in [0, 0.1) is 0 Å². The lowest BCUT2D eigenvalue weighted by atomic mass is 10.2. The zero-order valence-corrected chi connectivity index (χ0v) is 16.0. The molecule has 0 radical (unpaired) electrons. The zero-order valence-electron chi connectivity index (χ0n) is 16.0. The van der Waals surface area contributed by atoms with Crippen LogP contribution < -0.4 is 10.6 Å². The molecule has 0 atom stereocenters. The smallest absolute Gasteiger partial charge is 0.226 e. The quantitative estimate of drug-likeness (QED) is 0.390. The first kappa shape index (κ1) is 18.4. The van der Waals surface area contributed by atoms with Crippen molar-refractivity contribution < 1.29 is 4.42 Å². The minimum atomic E-state index is 0.507. The van der Waals surface area contributed by atoms with Gasteiger partial charge in [0, 0.05) is 37.7 Å². The summed E-state index contributed by atoms with van der Waals surface area (Å²) < 4.78 is 7.44. The number of hydrogen-bond acceptors (Lipinski definition) is 5.